The number of hydrogen-bond acceptors (Lipinski definition) is 6. The van der Waals surface area contributed by atoms with Crippen molar-refractivity contribution in [3.63, 3.8) is 0 Å². The maximum Gasteiger partial charge on any atom is 0.415 e. The smallest absolute Gasteiger partial charge is 0.415 e. The van der Waals surface area contributed by atoms with Crippen molar-refractivity contribution in [2.24, 2.45) is 5.92 Å². The zero-order valence-corrected chi connectivity index (χ0v) is 15.8. The van der Waals surface area contributed by atoms with Crippen molar-refractivity contribution in [1.29, 1.82) is 0 Å². The van der Waals surface area contributed by atoms with E-state index in [0.29, 0.717) is 18.4 Å². The standard InChI is InChI=1S/C19H23FN4O3/c1-11(2)15-10-27-19(25)24(15)17-7-8-21-18(23-17)22-12(3)13-5-6-14(20)16(9-13)26-4/h5-9,11-12,15H,10H2,1-4H3,(H,21,22,23). The molecule has 1 aliphatic heterocycles. The highest BCUT2D eigenvalue weighted by molar-refractivity contribution is 5.89. The van der Waals surface area contributed by atoms with Gasteiger partial charge < -0.3 is 14.8 Å². The average molecular weight is 374 g/mol. The first-order chi connectivity index (χ1) is 12.9. The van der Waals surface area contributed by atoms with E-state index in [0.717, 1.165) is 5.56 Å². The molecule has 1 amide bonds. The fourth-order valence-electron chi connectivity index (χ4n) is 2.97. The van der Waals surface area contributed by atoms with Gasteiger partial charge in [-0.15, -0.1) is 0 Å². The van der Waals surface area contributed by atoms with Gasteiger partial charge in [-0.2, -0.15) is 4.98 Å². The number of aromatic nitrogens is 2. The Balaban J connectivity index is 1.80. The largest absolute Gasteiger partial charge is 0.494 e. The van der Waals surface area contributed by atoms with Gasteiger partial charge in [-0.1, -0.05) is 19.9 Å². The van der Waals surface area contributed by atoms with Crippen LogP contribution in [0.15, 0.2) is 30.5 Å². The summed E-state index contributed by atoms with van der Waals surface area (Å²) in [5.41, 5.74) is 0.822. The van der Waals surface area contributed by atoms with Gasteiger partial charge in [0.05, 0.1) is 19.2 Å². The van der Waals surface area contributed by atoms with Crippen molar-refractivity contribution >= 4 is 17.9 Å². The Hall–Kier alpha value is -2.90. The van der Waals surface area contributed by atoms with Crippen LogP contribution in [0.5, 0.6) is 5.75 Å². The SMILES string of the molecule is COc1cc(C(C)Nc2nccc(N3C(=O)OCC3C(C)C)n2)ccc1F. The highest BCUT2D eigenvalue weighted by Gasteiger charge is 2.37. The van der Waals surface area contributed by atoms with Crippen molar-refractivity contribution in [2.75, 3.05) is 23.9 Å². The first-order valence-corrected chi connectivity index (χ1v) is 8.79. The number of rotatable bonds is 6. The molecule has 0 spiro atoms. The molecule has 144 valence electrons. The number of nitrogens with one attached hydrogen (secondary N) is 1. The van der Waals surface area contributed by atoms with Crippen LogP contribution in [-0.2, 0) is 4.74 Å². The van der Waals surface area contributed by atoms with Gasteiger partial charge >= 0.3 is 6.09 Å². The van der Waals surface area contributed by atoms with Gasteiger partial charge in [0.1, 0.15) is 12.4 Å². The highest BCUT2D eigenvalue weighted by atomic mass is 19.1. The molecule has 2 aromatic rings. The normalized spacial score (nSPS) is 17.8. The Bertz CT molecular complexity index is 830. The quantitative estimate of drug-likeness (QED) is 0.829. The van der Waals surface area contributed by atoms with Crippen LogP contribution in [0, 0.1) is 11.7 Å². The van der Waals surface area contributed by atoms with Gasteiger partial charge in [0, 0.05) is 6.20 Å². The van der Waals surface area contributed by atoms with E-state index in [1.54, 1.807) is 29.3 Å². The number of nitrogens with zero attached hydrogens (tertiary/aromatic N) is 3. The molecular weight excluding hydrogens is 351 g/mol. The molecule has 1 aromatic heterocycles. The lowest BCUT2D eigenvalue weighted by Gasteiger charge is -2.23. The van der Waals surface area contributed by atoms with Crippen molar-refractivity contribution in [3.8, 4) is 5.75 Å². The third-order valence-electron chi connectivity index (χ3n) is 4.58. The second-order valence-electron chi connectivity index (χ2n) is 6.76. The molecule has 1 aromatic carbocycles. The Morgan fingerprint density at radius 2 is 2.11 bits per heavy atom. The Kier molecular flexibility index (Phi) is 5.43. The van der Waals surface area contributed by atoms with E-state index in [1.807, 2.05) is 20.8 Å². The summed E-state index contributed by atoms with van der Waals surface area (Å²) >= 11 is 0. The minimum absolute atomic E-state index is 0.0703. The lowest BCUT2D eigenvalue weighted by Crippen LogP contribution is -2.37. The van der Waals surface area contributed by atoms with Gasteiger partial charge in [-0.05, 0) is 36.6 Å². The summed E-state index contributed by atoms with van der Waals surface area (Å²) in [6.45, 7) is 6.31. The van der Waals surface area contributed by atoms with E-state index in [9.17, 15) is 9.18 Å². The molecule has 0 saturated carbocycles. The molecule has 0 aliphatic carbocycles. The van der Waals surface area contributed by atoms with Crippen LogP contribution in [0.1, 0.15) is 32.4 Å². The number of methoxy groups -OCH3 is 1. The van der Waals surface area contributed by atoms with Crippen molar-refractivity contribution in [2.45, 2.75) is 32.9 Å². The van der Waals surface area contributed by atoms with Crippen LogP contribution >= 0.6 is 0 Å². The van der Waals surface area contributed by atoms with E-state index >= 15 is 0 Å². The topological polar surface area (TPSA) is 76.6 Å². The molecule has 1 aliphatic rings. The average Bonchev–Trinajstić information content (AvgIpc) is 3.04. The molecule has 1 fully saturated rings. The fourth-order valence-corrected chi connectivity index (χ4v) is 2.97. The molecule has 8 heteroatoms. The van der Waals surface area contributed by atoms with E-state index in [1.165, 1.54) is 13.2 Å². The minimum atomic E-state index is -0.418. The van der Waals surface area contributed by atoms with Crippen LogP contribution in [0.2, 0.25) is 0 Å². The molecule has 3 rings (SSSR count). The molecule has 1 N–H and O–H groups in total. The first-order valence-electron chi connectivity index (χ1n) is 8.79. The number of amides is 1. The van der Waals surface area contributed by atoms with Crippen molar-refractivity contribution < 1.29 is 18.7 Å². The number of benzene rings is 1. The van der Waals surface area contributed by atoms with Gasteiger partial charge in [0.25, 0.3) is 0 Å². The summed E-state index contributed by atoms with van der Waals surface area (Å²) in [6, 6.07) is 6.07. The van der Waals surface area contributed by atoms with Gasteiger partial charge in [0.15, 0.2) is 11.6 Å². The van der Waals surface area contributed by atoms with E-state index in [-0.39, 0.29) is 23.8 Å². The van der Waals surface area contributed by atoms with Crippen LogP contribution < -0.4 is 15.0 Å². The number of hydrogen-bond donors (Lipinski definition) is 1. The molecule has 7 nitrogen and oxygen atoms in total. The number of carbonyl (C=O) groups excluding carboxylic acids is 1. The number of halogens is 1. The Morgan fingerprint density at radius 1 is 1.33 bits per heavy atom. The zero-order valence-electron chi connectivity index (χ0n) is 15.8. The van der Waals surface area contributed by atoms with Gasteiger partial charge in [0.2, 0.25) is 5.95 Å². The number of ether oxygens (including phenoxy) is 2. The summed E-state index contributed by atoms with van der Waals surface area (Å²) in [6.07, 6.45) is 1.18. The van der Waals surface area contributed by atoms with Gasteiger partial charge in [-0.25, -0.2) is 14.2 Å². The lowest BCUT2D eigenvalue weighted by atomic mass is 10.0. The van der Waals surface area contributed by atoms with Crippen LogP contribution in [0.3, 0.4) is 0 Å². The maximum atomic E-state index is 13.6. The third kappa shape index (κ3) is 3.94. The predicted molar refractivity (Wildman–Crippen MR) is 99.5 cm³/mol. The Morgan fingerprint density at radius 3 is 2.81 bits per heavy atom. The summed E-state index contributed by atoms with van der Waals surface area (Å²) in [4.78, 5) is 22.4. The van der Waals surface area contributed by atoms with Crippen LogP contribution in [0.25, 0.3) is 0 Å². The molecular formula is C19H23FN4O3. The van der Waals surface area contributed by atoms with Crippen molar-refractivity contribution in [1.82, 2.24) is 9.97 Å². The molecule has 2 unspecified atom stereocenters. The molecule has 2 heterocycles. The number of cyclic esters (lactones) is 1. The summed E-state index contributed by atoms with van der Waals surface area (Å²) in [7, 11) is 1.42. The number of carbonyl (C=O) groups is 1. The van der Waals surface area contributed by atoms with Gasteiger partial charge in [-0.3, -0.25) is 4.90 Å². The number of anilines is 2. The van der Waals surface area contributed by atoms with Crippen LogP contribution in [-0.4, -0.2) is 35.8 Å². The van der Waals surface area contributed by atoms with E-state index in [4.69, 9.17) is 9.47 Å². The fraction of sp³-hybridized carbons (Fsp3) is 0.421. The molecule has 2 atom stereocenters. The van der Waals surface area contributed by atoms with E-state index < -0.39 is 11.9 Å². The molecule has 1 saturated heterocycles. The monoisotopic (exact) mass is 374 g/mol. The Labute approximate surface area is 157 Å². The maximum absolute atomic E-state index is 13.6. The second kappa shape index (κ2) is 7.77. The highest BCUT2D eigenvalue weighted by Crippen LogP contribution is 2.27. The summed E-state index contributed by atoms with van der Waals surface area (Å²) in [5, 5.41) is 3.17. The molecule has 27 heavy (non-hydrogen) atoms. The summed E-state index contributed by atoms with van der Waals surface area (Å²) < 4.78 is 23.8. The zero-order chi connectivity index (χ0) is 19.6. The third-order valence-corrected chi connectivity index (χ3v) is 4.58. The first kappa shape index (κ1) is 18.9. The predicted octanol–water partition coefficient (Wildman–Crippen LogP) is 3.78. The van der Waals surface area contributed by atoms with E-state index in [2.05, 4.69) is 15.3 Å². The second-order valence-corrected chi connectivity index (χ2v) is 6.76. The molecule has 0 radical (unpaired) electrons. The van der Waals surface area contributed by atoms with Crippen LogP contribution in [0.4, 0.5) is 21.0 Å². The summed E-state index contributed by atoms with van der Waals surface area (Å²) in [5.74, 6) is 0.839. The van der Waals surface area contributed by atoms with Crippen molar-refractivity contribution in [3.05, 3.63) is 41.8 Å². The lowest BCUT2D eigenvalue weighted by molar-refractivity contribution is 0.177. The molecule has 0 bridgehead atoms. The minimum Gasteiger partial charge on any atom is -0.494 e.